The highest BCUT2D eigenvalue weighted by molar-refractivity contribution is 5.88. The zero-order valence-corrected chi connectivity index (χ0v) is 11.7. The molecule has 3 nitrogen and oxygen atoms in total. The Labute approximate surface area is 113 Å². The summed E-state index contributed by atoms with van der Waals surface area (Å²) in [6, 6.07) is 6.36. The van der Waals surface area contributed by atoms with Gasteiger partial charge in [0.2, 0.25) is 5.91 Å². The van der Waals surface area contributed by atoms with Crippen LogP contribution in [0.2, 0.25) is 0 Å². The van der Waals surface area contributed by atoms with Crippen molar-refractivity contribution in [3.63, 3.8) is 0 Å². The van der Waals surface area contributed by atoms with Crippen LogP contribution in [0.4, 0.5) is 4.39 Å². The van der Waals surface area contributed by atoms with E-state index in [1.807, 2.05) is 18.7 Å². The van der Waals surface area contributed by atoms with Crippen molar-refractivity contribution in [3.8, 4) is 0 Å². The van der Waals surface area contributed by atoms with Crippen molar-refractivity contribution in [2.75, 3.05) is 6.54 Å². The molecule has 1 fully saturated rings. The fourth-order valence-corrected chi connectivity index (χ4v) is 2.51. The second-order valence-corrected chi connectivity index (χ2v) is 5.28. The van der Waals surface area contributed by atoms with Gasteiger partial charge in [-0.05, 0) is 37.5 Å². The van der Waals surface area contributed by atoms with Gasteiger partial charge in [0.05, 0.1) is 5.54 Å². The van der Waals surface area contributed by atoms with E-state index in [0.717, 1.165) is 18.4 Å². The van der Waals surface area contributed by atoms with E-state index in [4.69, 9.17) is 0 Å². The Bertz CT molecular complexity index is 460. The van der Waals surface area contributed by atoms with Gasteiger partial charge in [0, 0.05) is 6.54 Å². The van der Waals surface area contributed by atoms with Gasteiger partial charge in [-0.15, -0.1) is 0 Å². The van der Waals surface area contributed by atoms with Crippen LogP contribution in [0, 0.1) is 5.82 Å². The molecule has 1 aliphatic heterocycles. The molecule has 2 atom stereocenters. The molecule has 0 bridgehead atoms. The molecule has 1 heterocycles. The van der Waals surface area contributed by atoms with Crippen molar-refractivity contribution in [3.05, 3.63) is 35.6 Å². The number of nitrogens with one attached hydrogen (secondary N) is 1. The fourth-order valence-electron chi connectivity index (χ4n) is 2.51. The molecule has 1 N–H and O–H groups in total. The minimum absolute atomic E-state index is 0.131. The highest BCUT2D eigenvalue weighted by Crippen LogP contribution is 2.32. The second kappa shape index (κ2) is 5.29. The maximum absolute atomic E-state index is 13.0. The summed E-state index contributed by atoms with van der Waals surface area (Å²) in [6.45, 7) is 6.70. The van der Waals surface area contributed by atoms with Crippen molar-refractivity contribution in [2.45, 2.75) is 45.3 Å². The van der Waals surface area contributed by atoms with Gasteiger partial charge in [-0.2, -0.15) is 0 Å². The average Bonchev–Trinajstić information content (AvgIpc) is 2.66. The van der Waals surface area contributed by atoms with Crippen LogP contribution in [-0.2, 0) is 4.79 Å². The SMILES string of the molecule is CCCN1C(=O)C(C)(CC)NC1c1ccc(F)cc1. The lowest BCUT2D eigenvalue weighted by Crippen LogP contribution is -2.43. The number of carbonyl (C=O) groups excluding carboxylic acids is 1. The lowest BCUT2D eigenvalue weighted by Gasteiger charge is -2.23. The molecule has 0 aliphatic carbocycles. The van der Waals surface area contributed by atoms with E-state index in [0.29, 0.717) is 6.54 Å². The minimum Gasteiger partial charge on any atom is -0.321 e. The molecule has 2 unspecified atom stereocenters. The molecule has 1 saturated heterocycles. The maximum Gasteiger partial charge on any atom is 0.244 e. The van der Waals surface area contributed by atoms with Gasteiger partial charge in [0.1, 0.15) is 12.0 Å². The number of carbonyl (C=O) groups is 1. The molecular formula is C15H21FN2O. The molecule has 104 valence electrons. The lowest BCUT2D eigenvalue weighted by atomic mass is 9.99. The summed E-state index contributed by atoms with van der Waals surface area (Å²) >= 11 is 0. The highest BCUT2D eigenvalue weighted by atomic mass is 19.1. The number of halogens is 1. The number of rotatable bonds is 4. The van der Waals surface area contributed by atoms with Gasteiger partial charge in [-0.3, -0.25) is 10.1 Å². The third-order valence-electron chi connectivity index (χ3n) is 3.86. The lowest BCUT2D eigenvalue weighted by molar-refractivity contribution is -0.133. The normalized spacial score (nSPS) is 27.1. The summed E-state index contributed by atoms with van der Waals surface area (Å²) in [7, 11) is 0. The third-order valence-corrected chi connectivity index (χ3v) is 3.86. The van der Waals surface area contributed by atoms with E-state index in [1.165, 1.54) is 12.1 Å². The van der Waals surface area contributed by atoms with Crippen LogP contribution in [0.5, 0.6) is 0 Å². The summed E-state index contributed by atoms with van der Waals surface area (Å²) in [5.41, 5.74) is 0.411. The summed E-state index contributed by atoms with van der Waals surface area (Å²) < 4.78 is 13.0. The first-order valence-electron chi connectivity index (χ1n) is 6.86. The van der Waals surface area contributed by atoms with Crippen LogP contribution in [0.3, 0.4) is 0 Å². The van der Waals surface area contributed by atoms with Crippen LogP contribution >= 0.6 is 0 Å². The van der Waals surface area contributed by atoms with Crippen LogP contribution in [0.1, 0.15) is 45.3 Å². The minimum atomic E-state index is -0.520. The Morgan fingerprint density at radius 2 is 1.95 bits per heavy atom. The quantitative estimate of drug-likeness (QED) is 0.907. The standard InChI is InChI=1S/C15H21FN2O/c1-4-10-18-13(11-6-8-12(16)9-7-11)17-15(3,5-2)14(18)19/h6-9,13,17H,4-5,10H2,1-3H3. The molecule has 1 aromatic rings. The smallest absolute Gasteiger partial charge is 0.244 e. The Kier molecular flexibility index (Phi) is 3.90. The molecule has 0 aromatic heterocycles. The third kappa shape index (κ3) is 2.50. The van der Waals surface area contributed by atoms with Gasteiger partial charge in [0.15, 0.2) is 0 Å². The van der Waals surface area contributed by atoms with E-state index in [-0.39, 0.29) is 17.9 Å². The summed E-state index contributed by atoms with van der Waals surface area (Å²) in [5, 5.41) is 3.39. The number of hydrogen-bond acceptors (Lipinski definition) is 2. The van der Waals surface area contributed by atoms with Crippen LogP contribution < -0.4 is 5.32 Å². The van der Waals surface area contributed by atoms with E-state index in [2.05, 4.69) is 12.2 Å². The number of benzene rings is 1. The second-order valence-electron chi connectivity index (χ2n) is 5.28. The molecule has 0 radical (unpaired) electrons. The topological polar surface area (TPSA) is 32.3 Å². The van der Waals surface area contributed by atoms with Gasteiger partial charge in [-0.25, -0.2) is 4.39 Å². The van der Waals surface area contributed by atoms with E-state index < -0.39 is 5.54 Å². The summed E-state index contributed by atoms with van der Waals surface area (Å²) in [4.78, 5) is 14.3. The van der Waals surface area contributed by atoms with E-state index >= 15 is 0 Å². The Hall–Kier alpha value is -1.42. The molecule has 1 aromatic carbocycles. The zero-order chi connectivity index (χ0) is 14.0. The Morgan fingerprint density at radius 1 is 1.32 bits per heavy atom. The van der Waals surface area contributed by atoms with E-state index in [1.54, 1.807) is 12.1 Å². The van der Waals surface area contributed by atoms with E-state index in [9.17, 15) is 9.18 Å². The largest absolute Gasteiger partial charge is 0.321 e. The Balaban J connectivity index is 2.32. The maximum atomic E-state index is 13.0. The van der Waals surface area contributed by atoms with Crippen molar-refractivity contribution >= 4 is 5.91 Å². The fraction of sp³-hybridized carbons (Fsp3) is 0.533. The molecule has 4 heteroatoms. The average molecular weight is 264 g/mol. The molecular weight excluding hydrogens is 243 g/mol. The van der Waals surface area contributed by atoms with Gasteiger partial charge in [-0.1, -0.05) is 26.0 Å². The van der Waals surface area contributed by atoms with Gasteiger partial charge in [0.25, 0.3) is 0 Å². The van der Waals surface area contributed by atoms with Crippen LogP contribution in [0.25, 0.3) is 0 Å². The first-order chi connectivity index (χ1) is 9.01. The number of amides is 1. The van der Waals surface area contributed by atoms with Crippen molar-refractivity contribution in [2.24, 2.45) is 0 Å². The van der Waals surface area contributed by atoms with Crippen molar-refractivity contribution in [1.82, 2.24) is 10.2 Å². The van der Waals surface area contributed by atoms with Crippen LogP contribution in [0.15, 0.2) is 24.3 Å². The number of nitrogens with zero attached hydrogens (tertiary/aromatic N) is 1. The molecule has 2 rings (SSSR count). The first kappa shape index (κ1) is 14.0. The molecule has 1 aliphatic rings. The van der Waals surface area contributed by atoms with Crippen molar-refractivity contribution in [1.29, 1.82) is 0 Å². The molecule has 19 heavy (non-hydrogen) atoms. The molecule has 0 saturated carbocycles. The molecule has 0 spiro atoms. The predicted octanol–water partition coefficient (Wildman–Crippen LogP) is 2.83. The monoisotopic (exact) mass is 264 g/mol. The highest BCUT2D eigenvalue weighted by Gasteiger charge is 2.46. The summed E-state index contributed by atoms with van der Waals surface area (Å²) in [5.74, 6) is -0.125. The zero-order valence-electron chi connectivity index (χ0n) is 11.7. The predicted molar refractivity (Wildman–Crippen MR) is 73.0 cm³/mol. The van der Waals surface area contributed by atoms with Gasteiger partial charge >= 0.3 is 0 Å². The molecule has 1 amide bonds. The van der Waals surface area contributed by atoms with Gasteiger partial charge < -0.3 is 4.90 Å². The number of hydrogen-bond donors (Lipinski definition) is 1. The van der Waals surface area contributed by atoms with Crippen molar-refractivity contribution < 1.29 is 9.18 Å². The summed E-state index contributed by atoms with van der Waals surface area (Å²) in [6.07, 6.45) is 1.49. The Morgan fingerprint density at radius 3 is 2.47 bits per heavy atom. The van der Waals surface area contributed by atoms with Crippen LogP contribution in [-0.4, -0.2) is 22.9 Å². The first-order valence-corrected chi connectivity index (χ1v) is 6.86.